The number of methoxy groups -OCH3 is 1. The molecule has 9 nitrogen and oxygen atoms in total. The second-order valence-corrected chi connectivity index (χ2v) is 8.65. The lowest BCUT2D eigenvalue weighted by atomic mass is 9.94. The van der Waals surface area contributed by atoms with E-state index in [0.29, 0.717) is 56.1 Å². The van der Waals surface area contributed by atoms with Gasteiger partial charge in [-0.05, 0) is 32.3 Å². The van der Waals surface area contributed by atoms with Crippen molar-refractivity contribution >= 4 is 30.3 Å². The van der Waals surface area contributed by atoms with Gasteiger partial charge in [0.1, 0.15) is 24.5 Å². The summed E-state index contributed by atoms with van der Waals surface area (Å²) in [6.07, 6.45) is 3.30. The van der Waals surface area contributed by atoms with Crippen LogP contribution in [0, 0.1) is 6.92 Å². The molecule has 0 amide bonds. The van der Waals surface area contributed by atoms with E-state index >= 15 is 0 Å². The highest BCUT2D eigenvalue weighted by atomic mass is 35.5. The van der Waals surface area contributed by atoms with Crippen molar-refractivity contribution in [3.8, 4) is 11.5 Å². The summed E-state index contributed by atoms with van der Waals surface area (Å²) >= 11 is 0. The Kier molecular flexibility index (Phi) is 11.7. The van der Waals surface area contributed by atoms with Crippen LogP contribution in [-0.2, 0) is 36.8 Å². The van der Waals surface area contributed by atoms with E-state index in [1.807, 2.05) is 19.9 Å². The van der Waals surface area contributed by atoms with Crippen LogP contribution in [0.15, 0.2) is 11.6 Å². The maximum absolute atomic E-state index is 12.4. The summed E-state index contributed by atoms with van der Waals surface area (Å²) in [5.74, 6) is -0.431. The predicted octanol–water partition coefficient (Wildman–Crippen LogP) is 3.56. The first-order valence-corrected chi connectivity index (χ1v) is 12.1. The fourth-order valence-electron chi connectivity index (χ4n) is 4.17. The van der Waals surface area contributed by atoms with Crippen LogP contribution in [0.1, 0.15) is 60.2 Å². The summed E-state index contributed by atoms with van der Waals surface area (Å²) in [6, 6.07) is 0. The number of hydrogen-bond acceptors (Lipinski definition) is 9. The molecule has 0 aromatic heterocycles. The quantitative estimate of drug-likeness (QED) is 0.244. The normalized spacial score (nSPS) is 15.6. The van der Waals surface area contributed by atoms with Gasteiger partial charge in [-0.3, -0.25) is 14.5 Å². The summed E-state index contributed by atoms with van der Waals surface area (Å²) in [6.45, 7) is 9.83. The van der Waals surface area contributed by atoms with Crippen molar-refractivity contribution < 1.29 is 38.1 Å². The molecule has 1 aromatic carbocycles. The van der Waals surface area contributed by atoms with Crippen LogP contribution in [-0.4, -0.2) is 69.4 Å². The highest BCUT2D eigenvalue weighted by Crippen LogP contribution is 2.43. The lowest BCUT2D eigenvalue weighted by Gasteiger charge is -2.26. The topological polar surface area (TPSA) is 101 Å². The lowest BCUT2D eigenvalue weighted by Crippen LogP contribution is -2.38. The first-order chi connectivity index (χ1) is 16.8. The molecule has 1 aromatic rings. The highest BCUT2D eigenvalue weighted by Gasteiger charge is 2.34. The van der Waals surface area contributed by atoms with Crippen molar-refractivity contribution in [3.63, 3.8) is 0 Å². The predicted molar refractivity (Wildman–Crippen MR) is 135 cm³/mol. The van der Waals surface area contributed by atoms with Crippen LogP contribution in [0.4, 0.5) is 0 Å². The van der Waals surface area contributed by atoms with Gasteiger partial charge in [-0.25, -0.2) is 4.79 Å². The number of hydrogen-bond donors (Lipinski definition) is 0. The Morgan fingerprint density at radius 1 is 1.11 bits per heavy atom. The van der Waals surface area contributed by atoms with Gasteiger partial charge < -0.3 is 23.7 Å². The molecule has 10 heteroatoms. The van der Waals surface area contributed by atoms with E-state index < -0.39 is 11.9 Å². The smallest absolute Gasteiger partial charge is 0.342 e. The summed E-state index contributed by atoms with van der Waals surface area (Å²) in [5.41, 5.74) is 3.34. The third-order valence-corrected chi connectivity index (χ3v) is 6.28. The summed E-state index contributed by atoms with van der Waals surface area (Å²) in [7, 11) is 1.55. The van der Waals surface area contributed by atoms with Gasteiger partial charge in [0.15, 0.2) is 5.75 Å². The molecule has 2 heterocycles. The summed E-state index contributed by atoms with van der Waals surface area (Å²) in [5, 5.41) is 0. The maximum Gasteiger partial charge on any atom is 0.342 e. The Bertz CT molecular complexity index is 985. The van der Waals surface area contributed by atoms with Crippen molar-refractivity contribution in [3.05, 3.63) is 33.9 Å². The van der Waals surface area contributed by atoms with Crippen LogP contribution in [0.5, 0.6) is 11.5 Å². The SMILES string of the molecule is CCC(=O)Oc1c(CC=C(C)CCC(=O)OCCN2CCOCC2)c(OC)c(C)c2c1C(=O)OC2.Cl. The average Bonchev–Trinajstić information content (AvgIpc) is 3.25. The molecule has 1 fully saturated rings. The minimum atomic E-state index is -0.508. The van der Waals surface area contributed by atoms with Crippen molar-refractivity contribution in [2.24, 2.45) is 0 Å². The second kappa shape index (κ2) is 14.2. The fraction of sp³-hybridized carbons (Fsp3) is 0.577. The molecule has 0 radical (unpaired) electrons. The minimum absolute atomic E-state index is 0. The Morgan fingerprint density at radius 3 is 2.50 bits per heavy atom. The van der Waals surface area contributed by atoms with Crippen LogP contribution in [0.3, 0.4) is 0 Å². The van der Waals surface area contributed by atoms with Gasteiger partial charge in [0.25, 0.3) is 0 Å². The van der Waals surface area contributed by atoms with E-state index in [1.165, 1.54) is 0 Å². The van der Waals surface area contributed by atoms with Crippen LogP contribution < -0.4 is 9.47 Å². The van der Waals surface area contributed by atoms with Crippen LogP contribution in [0.25, 0.3) is 0 Å². The van der Waals surface area contributed by atoms with E-state index in [-0.39, 0.29) is 49.1 Å². The van der Waals surface area contributed by atoms with Crippen molar-refractivity contribution in [2.75, 3.05) is 46.6 Å². The van der Waals surface area contributed by atoms with Crippen molar-refractivity contribution in [2.45, 2.75) is 53.1 Å². The third-order valence-electron chi connectivity index (χ3n) is 6.28. The molecule has 2 aliphatic rings. The van der Waals surface area contributed by atoms with Gasteiger partial charge in [-0.1, -0.05) is 18.6 Å². The molecule has 0 spiro atoms. The molecular weight excluding hydrogens is 490 g/mol. The van der Waals surface area contributed by atoms with Gasteiger partial charge in [0.05, 0.1) is 20.3 Å². The molecule has 0 saturated carbocycles. The molecule has 3 rings (SSSR count). The van der Waals surface area contributed by atoms with Gasteiger partial charge in [-0.2, -0.15) is 0 Å². The molecule has 2 aliphatic heterocycles. The van der Waals surface area contributed by atoms with Crippen molar-refractivity contribution in [1.82, 2.24) is 4.90 Å². The highest BCUT2D eigenvalue weighted by molar-refractivity contribution is 5.99. The Labute approximate surface area is 218 Å². The number of cyclic esters (lactones) is 1. The number of morpholine rings is 1. The third kappa shape index (κ3) is 7.44. The number of ether oxygens (including phenoxy) is 5. The zero-order valence-corrected chi connectivity index (χ0v) is 22.3. The van der Waals surface area contributed by atoms with E-state index in [1.54, 1.807) is 14.0 Å². The number of carbonyl (C=O) groups excluding carboxylic acids is 3. The molecule has 200 valence electrons. The molecular formula is C26H36ClNO8. The van der Waals surface area contributed by atoms with E-state index in [2.05, 4.69) is 4.90 Å². The number of carbonyl (C=O) groups is 3. The number of allylic oxidation sites excluding steroid dienone is 2. The summed E-state index contributed by atoms with van der Waals surface area (Å²) < 4.78 is 27.1. The standard InChI is InChI=1S/C26H35NO8.ClH/c1-5-21(28)35-25-19(24(31-4)18(3)20-16-34-26(30)23(20)25)8-6-17(2)7-9-22(29)33-15-12-27-10-13-32-14-11-27;/h6H,5,7-16H2,1-4H3;1H. The molecule has 1 saturated heterocycles. The van der Waals surface area contributed by atoms with E-state index in [0.717, 1.165) is 24.2 Å². The molecule has 0 bridgehead atoms. The first kappa shape index (κ1) is 29.6. The van der Waals surface area contributed by atoms with Crippen molar-refractivity contribution in [1.29, 1.82) is 0 Å². The Hall–Kier alpha value is -2.62. The zero-order valence-electron chi connectivity index (χ0n) is 21.5. The van der Waals surface area contributed by atoms with Gasteiger partial charge in [0.2, 0.25) is 0 Å². The largest absolute Gasteiger partial charge is 0.496 e. The number of benzene rings is 1. The van der Waals surface area contributed by atoms with Gasteiger partial charge >= 0.3 is 17.9 Å². The Balaban J connectivity index is 0.00000456. The fourth-order valence-corrected chi connectivity index (χ4v) is 4.17. The van der Waals surface area contributed by atoms with Crippen LogP contribution in [0.2, 0.25) is 0 Å². The zero-order chi connectivity index (χ0) is 25.4. The Morgan fingerprint density at radius 2 is 1.83 bits per heavy atom. The molecule has 0 atom stereocenters. The minimum Gasteiger partial charge on any atom is -0.496 e. The number of halogens is 1. The van der Waals surface area contributed by atoms with Crippen LogP contribution >= 0.6 is 12.4 Å². The van der Waals surface area contributed by atoms with Gasteiger partial charge in [-0.15, -0.1) is 12.4 Å². The molecule has 36 heavy (non-hydrogen) atoms. The van der Waals surface area contributed by atoms with E-state index in [9.17, 15) is 14.4 Å². The molecule has 0 aliphatic carbocycles. The van der Waals surface area contributed by atoms with E-state index in [4.69, 9.17) is 23.7 Å². The monoisotopic (exact) mass is 525 g/mol. The first-order valence-electron chi connectivity index (χ1n) is 12.1. The number of fused-ring (bicyclic) bond motifs is 1. The van der Waals surface area contributed by atoms with Gasteiger partial charge in [0, 0.05) is 43.6 Å². The maximum atomic E-state index is 12.4. The second-order valence-electron chi connectivity index (χ2n) is 8.65. The average molecular weight is 526 g/mol. The number of nitrogens with zero attached hydrogens (tertiary/aromatic N) is 1. The summed E-state index contributed by atoms with van der Waals surface area (Å²) in [4.78, 5) is 38.9. The molecule has 0 N–H and O–H groups in total. The number of esters is 3. The number of rotatable bonds is 11. The molecule has 0 unspecified atom stereocenters. The lowest BCUT2D eigenvalue weighted by molar-refractivity contribution is -0.144.